The molecule has 1 N–H and O–H groups in total. The van der Waals surface area contributed by atoms with Crippen molar-refractivity contribution in [3.63, 3.8) is 0 Å². The molecular weight excluding hydrogens is 416 g/mol. The van der Waals surface area contributed by atoms with Gasteiger partial charge in [0.25, 0.3) is 0 Å². The molecule has 2 aromatic rings. The van der Waals surface area contributed by atoms with Crippen molar-refractivity contribution in [2.24, 2.45) is 5.41 Å². The number of nitrogens with one attached hydrogen (secondary N) is 1. The second-order valence-corrected chi connectivity index (χ2v) is 10.0. The van der Waals surface area contributed by atoms with E-state index in [1.165, 1.54) is 30.7 Å². The van der Waals surface area contributed by atoms with Crippen LogP contribution in [0.4, 0.5) is 0 Å². The number of aryl methyl sites for hydroxylation is 1. The number of amides is 1. The fourth-order valence-corrected chi connectivity index (χ4v) is 5.23. The van der Waals surface area contributed by atoms with Crippen LogP contribution in [0.5, 0.6) is 11.5 Å². The SMILES string of the molecule is COc1ccc(S(=O)(=O)N2CCC(C)(C(=O)NCc3ccccc3C)CC2)cc1OC. The topological polar surface area (TPSA) is 84.9 Å². The van der Waals surface area contributed by atoms with Crippen LogP contribution in [-0.4, -0.2) is 45.9 Å². The summed E-state index contributed by atoms with van der Waals surface area (Å²) in [5.74, 6) is 0.790. The fourth-order valence-electron chi connectivity index (χ4n) is 3.77. The highest BCUT2D eigenvalue weighted by Gasteiger charge is 2.40. The lowest BCUT2D eigenvalue weighted by Crippen LogP contribution is -2.48. The molecule has 7 nitrogen and oxygen atoms in total. The van der Waals surface area contributed by atoms with Gasteiger partial charge in [-0.1, -0.05) is 31.2 Å². The molecule has 1 aliphatic heterocycles. The van der Waals surface area contributed by atoms with Gasteiger partial charge in [0.05, 0.1) is 19.1 Å². The molecule has 0 spiro atoms. The number of rotatable bonds is 7. The highest BCUT2D eigenvalue weighted by molar-refractivity contribution is 7.89. The minimum atomic E-state index is -3.69. The fraction of sp³-hybridized carbons (Fsp3) is 0.435. The zero-order valence-corrected chi connectivity index (χ0v) is 19.3. The average Bonchev–Trinajstić information content (AvgIpc) is 2.78. The van der Waals surface area contributed by atoms with Crippen LogP contribution in [0.25, 0.3) is 0 Å². The van der Waals surface area contributed by atoms with Gasteiger partial charge in [0.15, 0.2) is 11.5 Å². The number of methoxy groups -OCH3 is 2. The third-order valence-electron chi connectivity index (χ3n) is 6.07. The Bertz CT molecular complexity index is 1040. The average molecular weight is 447 g/mol. The minimum absolute atomic E-state index is 0.0427. The standard InChI is InChI=1S/C23H30N2O5S/c1-17-7-5-6-8-18(17)16-24-22(26)23(2)11-13-25(14-12-23)31(27,28)19-9-10-20(29-3)21(15-19)30-4/h5-10,15H,11-14,16H2,1-4H3,(H,24,26). The Morgan fingerprint density at radius 1 is 1.06 bits per heavy atom. The van der Waals surface area contributed by atoms with Gasteiger partial charge in [0, 0.05) is 31.1 Å². The Balaban J connectivity index is 1.66. The van der Waals surface area contributed by atoms with Crippen molar-refractivity contribution in [1.82, 2.24) is 9.62 Å². The maximum Gasteiger partial charge on any atom is 0.243 e. The van der Waals surface area contributed by atoms with E-state index < -0.39 is 15.4 Å². The number of carbonyl (C=O) groups excluding carboxylic acids is 1. The summed E-state index contributed by atoms with van der Waals surface area (Å²) in [7, 11) is -0.720. The number of ether oxygens (including phenoxy) is 2. The van der Waals surface area contributed by atoms with E-state index in [9.17, 15) is 13.2 Å². The molecule has 2 aromatic carbocycles. The normalized spacial score (nSPS) is 16.5. The summed E-state index contributed by atoms with van der Waals surface area (Å²) >= 11 is 0. The summed E-state index contributed by atoms with van der Waals surface area (Å²) in [6.45, 7) is 4.95. The maximum absolute atomic E-state index is 13.1. The molecule has 1 heterocycles. The Labute approximate surface area is 184 Å². The monoisotopic (exact) mass is 446 g/mol. The Hall–Kier alpha value is -2.58. The quantitative estimate of drug-likeness (QED) is 0.706. The number of sulfonamides is 1. The van der Waals surface area contributed by atoms with Gasteiger partial charge < -0.3 is 14.8 Å². The van der Waals surface area contributed by atoms with Crippen LogP contribution >= 0.6 is 0 Å². The molecule has 0 aliphatic carbocycles. The third-order valence-corrected chi connectivity index (χ3v) is 7.96. The smallest absolute Gasteiger partial charge is 0.243 e. The Morgan fingerprint density at radius 3 is 2.32 bits per heavy atom. The summed E-state index contributed by atoms with van der Waals surface area (Å²) in [4.78, 5) is 13.0. The van der Waals surface area contributed by atoms with Gasteiger partial charge in [-0.3, -0.25) is 4.79 Å². The van der Waals surface area contributed by atoms with E-state index in [1.807, 2.05) is 38.1 Å². The number of hydrogen-bond acceptors (Lipinski definition) is 5. The van der Waals surface area contributed by atoms with Gasteiger partial charge >= 0.3 is 0 Å². The minimum Gasteiger partial charge on any atom is -0.493 e. The summed E-state index contributed by atoms with van der Waals surface area (Å²) in [5, 5.41) is 3.03. The summed E-state index contributed by atoms with van der Waals surface area (Å²) in [6.07, 6.45) is 0.915. The molecule has 3 rings (SSSR count). The van der Waals surface area contributed by atoms with E-state index >= 15 is 0 Å². The molecule has 1 aliphatic rings. The first kappa shape index (κ1) is 23.1. The summed E-state index contributed by atoms with van der Waals surface area (Å²) < 4.78 is 38.1. The number of nitrogens with zero attached hydrogens (tertiary/aromatic N) is 1. The number of piperidine rings is 1. The molecule has 1 amide bonds. The van der Waals surface area contributed by atoms with E-state index in [1.54, 1.807) is 6.07 Å². The van der Waals surface area contributed by atoms with Gasteiger partial charge in [-0.05, 0) is 43.0 Å². The van der Waals surface area contributed by atoms with Crippen LogP contribution in [0.3, 0.4) is 0 Å². The van der Waals surface area contributed by atoms with Gasteiger partial charge in [0.1, 0.15) is 0 Å². The molecule has 1 fully saturated rings. The lowest BCUT2D eigenvalue weighted by atomic mass is 9.80. The van der Waals surface area contributed by atoms with Crippen LogP contribution in [0.15, 0.2) is 47.4 Å². The zero-order chi connectivity index (χ0) is 22.6. The molecule has 0 unspecified atom stereocenters. The summed E-state index contributed by atoms with van der Waals surface area (Å²) in [5.41, 5.74) is 1.60. The van der Waals surface area contributed by atoms with Crippen molar-refractivity contribution in [3.8, 4) is 11.5 Å². The Morgan fingerprint density at radius 2 is 1.71 bits per heavy atom. The second-order valence-electron chi connectivity index (χ2n) is 8.09. The van der Waals surface area contributed by atoms with Gasteiger partial charge in [-0.25, -0.2) is 8.42 Å². The second kappa shape index (κ2) is 9.28. The molecule has 8 heteroatoms. The van der Waals surface area contributed by atoms with Crippen LogP contribution in [0.2, 0.25) is 0 Å². The van der Waals surface area contributed by atoms with Gasteiger partial charge in [0.2, 0.25) is 15.9 Å². The number of carbonyl (C=O) groups is 1. The first-order valence-electron chi connectivity index (χ1n) is 10.3. The number of hydrogen-bond donors (Lipinski definition) is 1. The Kier molecular flexibility index (Phi) is 6.91. The van der Waals surface area contributed by atoms with Crippen molar-refractivity contribution in [3.05, 3.63) is 53.6 Å². The molecule has 168 valence electrons. The molecule has 0 bridgehead atoms. The van der Waals surface area contributed by atoms with Gasteiger partial charge in [-0.2, -0.15) is 4.31 Å². The summed E-state index contributed by atoms with van der Waals surface area (Å²) in [6, 6.07) is 12.5. The lowest BCUT2D eigenvalue weighted by Gasteiger charge is -2.37. The van der Waals surface area contributed by atoms with Crippen molar-refractivity contribution in [1.29, 1.82) is 0 Å². The molecule has 0 atom stereocenters. The van der Waals surface area contributed by atoms with Crippen LogP contribution < -0.4 is 14.8 Å². The van der Waals surface area contributed by atoms with Crippen molar-refractivity contribution < 1.29 is 22.7 Å². The van der Waals surface area contributed by atoms with Crippen LogP contribution in [0.1, 0.15) is 30.9 Å². The molecule has 1 saturated heterocycles. The predicted molar refractivity (Wildman–Crippen MR) is 119 cm³/mol. The lowest BCUT2D eigenvalue weighted by molar-refractivity contribution is -0.132. The van der Waals surface area contributed by atoms with Crippen LogP contribution in [0, 0.1) is 12.3 Å². The largest absolute Gasteiger partial charge is 0.493 e. The first-order chi connectivity index (χ1) is 14.7. The molecule has 31 heavy (non-hydrogen) atoms. The van der Waals surface area contributed by atoms with Gasteiger partial charge in [-0.15, -0.1) is 0 Å². The van der Waals surface area contributed by atoms with Crippen molar-refractivity contribution >= 4 is 15.9 Å². The molecular formula is C23H30N2O5S. The highest BCUT2D eigenvalue weighted by Crippen LogP contribution is 2.35. The van der Waals surface area contributed by atoms with Crippen LogP contribution in [-0.2, 0) is 21.4 Å². The zero-order valence-electron chi connectivity index (χ0n) is 18.5. The highest BCUT2D eigenvalue weighted by atomic mass is 32.2. The third kappa shape index (κ3) is 4.85. The van der Waals surface area contributed by atoms with E-state index in [0.29, 0.717) is 30.9 Å². The molecule has 0 aromatic heterocycles. The predicted octanol–water partition coefficient (Wildman–Crippen LogP) is 3.12. The van der Waals surface area contributed by atoms with Crippen molar-refractivity contribution in [2.45, 2.75) is 38.1 Å². The molecule has 0 saturated carbocycles. The first-order valence-corrected chi connectivity index (χ1v) is 11.7. The van der Waals surface area contributed by atoms with E-state index in [4.69, 9.17) is 9.47 Å². The van der Waals surface area contributed by atoms with E-state index in [2.05, 4.69) is 5.32 Å². The maximum atomic E-state index is 13.1. The number of benzene rings is 2. The molecule has 0 radical (unpaired) electrons. The van der Waals surface area contributed by atoms with Crippen molar-refractivity contribution in [2.75, 3.05) is 27.3 Å². The van der Waals surface area contributed by atoms with E-state index in [-0.39, 0.29) is 23.9 Å². The van der Waals surface area contributed by atoms with E-state index in [0.717, 1.165) is 11.1 Å².